The topological polar surface area (TPSA) is 97.6 Å². The van der Waals surface area contributed by atoms with Gasteiger partial charge in [-0.1, -0.05) is 4.89 Å². The number of aromatic nitrogens is 1. The molecule has 0 spiro atoms. The lowest BCUT2D eigenvalue weighted by atomic mass is 10.2. The molecule has 1 heterocycles. The van der Waals surface area contributed by atoms with Crippen molar-refractivity contribution < 1.29 is 23.2 Å². The van der Waals surface area contributed by atoms with Gasteiger partial charge in [0, 0.05) is 12.7 Å². The number of carboxylic acid groups (broad SMARTS) is 1. The van der Waals surface area contributed by atoms with E-state index in [9.17, 15) is 13.2 Å². The van der Waals surface area contributed by atoms with Crippen LogP contribution in [0.5, 0.6) is 0 Å². The summed E-state index contributed by atoms with van der Waals surface area (Å²) >= 11 is 0. The van der Waals surface area contributed by atoms with Crippen molar-refractivity contribution in [2.24, 2.45) is 0 Å². The smallest absolute Gasteiger partial charge is 0.352 e. The molecule has 0 bridgehead atoms. The molecule has 0 aliphatic heterocycles. The quantitative estimate of drug-likeness (QED) is 0.794. The van der Waals surface area contributed by atoms with Crippen LogP contribution in [0, 0.1) is 0 Å². The fourth-order valence-corrected chi connectivity index (χ4v) is 2.29. The Balaban J connectivity index is 3.06. The molecule has 19 heavy (non-hydrogen) atoms. The Labute approximate surface area is 112 Å². The highest BCUT2D eigenvalue weighted by Gasteiger charge is 2.23. The predicted octanol–water partition coefficient (Wildman–Crippen LogP) is 1.21. The third-order valence-electron chi connectivity index (χ3n) is 2.20. The lowest BCUT2D eigenvalue weighted by molar-refractivity contribution is -0.0357. The van der Waals surface area contributed by atoms with Crippen LogP contribution in [0.3, 0.4) is 0 Å². The number of nitrogens with one attached hydrogen (secondary N) is 1. The van der Waals surface area contributed by atoms with Gasteiger partial charge in [-0.25, -0.2) is 13.2 Å². The number of hydrogen-bond acceptors (Lipinski definition) is 4. The predicted molar refractivity (Wildman–Crippen MR) is 68.2 cm³/mol. The van der Waals surface area contributed by atoms with Gasteiger partial charge in [-0.2, -0.15) is 0 Å². The van der Waals surface area contributed by atoms with Gasteiger partial charge in [0.1, 0.15) is 10.6 Å². The van der Waals surface area contributed by atoms with Crippen LogP contribution in [0.15, 0.2) is 17.2 Å². The molecule has 0 saturated carbocycles. The highest BCUT2D eigenvalue weighted by atomic mass is 32.2. The number of sulfonamides is 1. The molecule has 1 aromatic rings. The minimum absolute atomic E-state index is 0.0846. The summed E-state index contributed by atoms with van der Waals surface area (Å²) in [6.07, 6.45) is 1.26. The van der Waals surface area contributed by atoms with E-state index in [1.807, 2.05) is 4.89 Å². The van der Waals surface area contributed by atoms with Crippen molar-refractivity contribution in [2.45, 2.75) is 44.7 Å². The van der Waals surface area contributed by atoms with Gasteiger partial charge >= 0.3 is 5.97 Å². The lowest BCUT2D eigenvalue weighted by Gasteiger charge is -2.18. The highest BCUT2D eigenvalue weighted by Crippen LogP contribution is 2.16. The van der Waals surface area contributed by atoms with E-state index in [4.69, 9.17) is 9.94 Å². The van der Waals surface area contributed by atoms with Crippen LogP contribution >= 0.6 is 0 Å². The molecule has 0 unspecified atom stereocenters. The molecule has 108 valence electrons. The minimum Gasteiger partial charge on any atom is -0.477 e. The van der Waals surface area contributed by atoms with Crippen molar-refractivity contribution in [3.63, 3.8) is 0 Å². The second kappa shape index (κ2) is 5.32. The Kier molecular flexibility index (Phi) is 4.39. The molecule has 0 aliphatic rings. The Bertz CT molecular complexity index is 568. The number of nitrogens with zero attached hydrogens (tertiary/aromatic N) is 1. The normalized spacial score (nSPS) is 12.6. The molecular weight excluding hydrogens is 272 g/mol. The van der Waals surface area contributed by atoms with Gasteiger partial charge in [-0.3, -0.25) is 4.84 Å². The number of aromatic carboxylic acids is 1. The molecule has 8 heteroatoms. The van der Waals surface area contributed by atoms with Crippen molar-refractivity contribution in [3.8, 4) is 0 Å². The molecule has 0 fully saturated rings. The Morgan fingerprint density at radius 1 is 1.47 bits per heavy atom. The Hall–Kier alpha value is -1.38. The third kappa shape index (κ3) is 4.05. The fourth-order valence-electron chi connectivity index (χ4n) is 1.30. The monoisotopic (exact) mass is 290 g/mol. The first-order valence-corrected chi connectivity index (χ1v) is 7.18. The molecule has 0 saturated heterocycles. The van der Waals surface area contributed by atoms with Gasteiger partial charge in [0.25, 0.3) is 10.0 Å². The van der Waals surface area contributed by atoms with Crippen molar-refractivity contribution in [3.05, 3.63) is 18.0 Å². The van der Waals surface area contributed by atoms with E-state index in [1.165, 1.54) is 10.8 Å². The number of hydrogen-bond donors (Lipinski definition) is 2. The summed E-state index contributed by atoms with van der Waals surface area (Å²) in [7, 11) is -3.90. The van der Waals surface area contributed by atoms with Crippen LogP contribution in [0.4, 0.5) is 0 Å². The number of aryl methyl sites for hydroxylation is 1. The fraction of sp³-hybridized carbons (Fsp3) is 0.545. The minimum atomic E-state index is -3.90. The summed E-state index contributed by atoms with van der Waals surface area (Å²) in [5.41, 5.74) is -0.769. The van der Waals surface area contributed by atoms with E-state index < -0.39 is 21.6 Å². The molecule has 1 aromatic heterocycles. The van der Waals surface area contributed by atoms with E-state index >= 15 is 0 Å². The molecule has 2 N–H and O–H groups in total. The summed E-state index contributed by atoms with van der Waals surface area (Å²) in [6, 6.07) is 1.10. The van der Waals surface area contributed by atoms with E-state index in [0.29, 0.717) is 6.54 Å². The molecular formula is C11H18N2O5S. The highest BCUT2D eigenvalue weighted by molar-refractivity contribution is 7.89. The van der Waals surface area contributed by atoms with Crippen molar-refractivity contribution in [2.75, 3.05) is 0 Å². The molecule has 0 aromatic carbocycles. The molecule has 0 aliphatic carbocycles. The van der Waals surface area contributed by atoms with Crippen LogP contribution < -0.4 is 4.89 Å². The van der Waals surface area contributed by atoms with E-state index in [-0.39, 0.29) is 10.6 Å². The summed E-state index contributed by atoms with van der Waals surface area (Å²) in [5.74, 6) is -1.18. The van der Waals surface area contributed by atoms with Gasteiger partial charge in [-0.05, 0) is 33.8 Å². The zero-order chi connectivity index (χ0) is 14.8. The average molecular weight is 290 g/mol. The maximum absolute atomic E-state index is 11.9. The van der Waals surface area contributed by atoms with Gasteiger partial charge in [0.2, 0.25) is 0 Å². The summed E-state index contributed by atoms with van der Waals surface area (Å²) in [6.45, 7) is 7.15. The zero-order valence-electron chi connectivity index (χ0n) is 11.3. The van der Waals surface area contributed by atoms with E-state index in [1.54, 1.807) is 27.7 Å². The van der Waals surface area contributed by atoms with Gasteiger partial charge in [0.15, 0.2) is 0 Å². The maximum atomic E-state index is 11.9. The first kappa shape index (κ1) is 15.7. The second-order valence-corrected chi connectivity index (χ2v) is 6.60. The largest absolute Gasteiger partial charge is 0.477 e. The number of rotatable bonds is 5. The first-order chi connectivity index (χ1) is 8.57. The van der Waals surface area contributed by atoms with Gasteiger partial charge in [0.05, 0.1) is 5.60 Å². The van der Waals surface area contributed by atoms with Gasteiger partial charge < -0.3 is 9.67 Å². The van der Waals surface area contributed by atoms with Gasteiger partial charge in [-0.15, -0.1) is 0 Å². The van der Waals surface area contributed by atoms with Crippen LogP contribution in [-0.4, -0.2) is 29.7 Å². The van der Waals surface area contributed by atoms with Crippen LogP contribution in [0.1, 0.15) is 38.2 Å². The number of carboxylic acids is 1. The van der Waals surface area contributed by atoms with Crippen LogP contribution in [-0.2, 0) is 21.4 Å². The Morgan fingerprint density at radius 3 is 2.42 bits per heavy atom. The summed E-state index contributed by atoms with van der Waals surface area (Å²) < 4.78 is 25.2. The molecule has 0 atom stereocenters. The summed E-state index contributed by atoms with van der Waals surface area (Å²) in [5, 5.41) is 8.97. The number of carbonyl (C=O) groups is 1. The maximum Gasteiger partial charge on any atom is 0.352 e. The molecule has 7 nitrogen and oxygen atoms in total. The zero-order valence-corrected chi connectivity index (χ0v) is 12.1. The van der Waals surface area contributed by atoms with Crippen molar-refractivity contribution in [1.82, 2.24) is 9.45 Å². The third-order valence-corrected chi connectivity index (χ3v) is 3.35. The van der Waals surface area contributed by atoms with Crippen molar-refractivity contribution in [1.29, 1.82) is 0 Å². The van der Waals surface area contributed by atoms with Crippen LogP contribution in [0.25, 0.3) is 0 Å². The van der Waals surface area contributed by atoms with E-state index in [2.05, 4.69) is 0 Å². The second-order valence-electron chi connectivity index (χ2n) is 4.95. The average Bonchev–Trinajstić information content (AvgIpc) is 2.70. The standard InChI is InChI=1S/C11H18N2O5S/c1-5-13-7-8(6-9(13)10(14)15)19(16,17)12-18-11(2,3)4/h6-7,12H,5H2,1-4H3,(H,14,15). The van der Waals surface area contributed by atoms with Crippen molar-refractivity contribution >= 4 is 16.0 Å². The Morgan fingerprint density at radius 2 is 2.05 bits per heavy atom. The summed E-state index contributed by atoms with van der Waals surface area (Å²) in [4.78, 5) is 17.8. The SMILES string of the molecule is CCn1cc(S(=O)(=O)NOC(C)(C)C)cc1C(=O)O. The first-order valence-electron chi connectivity index (χ1n) is 5.70. The molecule has 0 radical (unpaired) electrons. The molecule has 1 rings (SSSR count). The van der Waals surface area contributed by atoms with Crippen LogP contribution in [0.2, 0.25) is 0 Å². The molecule has 0 amide bonds. The lowest BCUT2D eigenvalue weighted by Crippen LogP contribution is -2.33. The van der Waals surface area contributed by atoms with E-state index in [0.717, 1.165) is 6.07 Å².